The van der Waals surface area contributed by atoms with Crippen LogP contribution in [0.1, 0.15) is 5.56 Å². The molecule has 0 saturated heterocycles. The Bertz CT molecular complexity index is 1130. The molecule has 0 bridgehead atoms. The molecule has 0 atom stereocenters. The summed E-state index contributed by atoms with van der Waals surface area (Å²) in [7, 11) is 1.52. The highest BCUT2D eigenvalue weighted by Gasteiger charge is 2.15. The van der Waals surface area contributed by atoms with E-state index in [1.54, 1.807) is 18.3 Å². The van der Waals surface area contributed by atoms with E-state index in [2.05, 4.69) is 15.3 Å². The molecular weight excluding hydrogens is 320 g/mol. The predicted molar refractivity (Wildman–Crippen MR) is 95.5 cm³/mol. The summed E-state index contributed by atoms with van der Waals surface area (Å²) in [6.07, 6.45) is 3.46. The van der Waals surface area contributed by atoms with Crippen LogP contribution in [0.4, 0.5) is 11.5 Å². The minimum absolute atomic E-state index is 0.194. The van der Waals surface area contributed by atoms with Crippen molar-refractivity contribution in [2.75, 3.05) is 12.4 Å². The molecule has 4 rings (SSSR count). The van der Waals surface area contributed by atoms with Gasteiger partial charge in [0.15, 0.2) is 11.4 Å². The highest BCUT2D eigenvalue weighted by atomic mass is 16.5. The first-order valence-electron chi connectivity index (χ1n) is 7.74. The van der Waals surface area contributed by atoms with Gasteiger partial charge in [-0.25, -0.2) is 4.98 Å². The summed E-state index contributed by atoms with van der Waals surface area (Å²) in [6.45, 7) is -0.416. The molecule has 4 aromatic rings. The predicted octanol–water partition coefficient (Wildman–Crippen LogP) is 2.42. The normalized spacial score (nSPS) is 11.1. The van der Waals surface area contributed by atoms with Crippen molar-refractivity contribution >= 4 is 28.1 Å². The van der Waals surface area contributed by atoms with E-state index in [-0.39, 0.29) is 11.1 Å². The third-order valence-corrected chi connectivity index (χ3v) is 4.11. The van der Waals surface area contributed by atoms with E-state index in [1.165, 1.54) is 11.5 Å². The molecule has 0 aliphatic rings. The largest absolute Gasteiger partial charge is 0.493 e. The second-order valence-corrected chi connectivity index (χ2v) is 5.58. The van der Waals surface area contributed by atoms with E-state index < -0.39 is 6.61 Å². The number of ether oxygens (including phenoxy) is 1. The van der Waals surface area contributed by atoms with Crippen LogP contribution in [-0.4, -0.2) is 26.6 Å². The van der Waals surface area contributed by atoms with Crippen molar-refractivity contribution in [3.63, 3.8) is 0 Å². The Morgan fingerprint density at radius 1 is 1.32 bits per heavy atom. The fourth-order valence-electron chi connectivity index (χ4n) is 2.85. The molecule has 0 radical (unpaired) electrons. The fraction of sp³-hybridized carbons (Fsp3) is 0.111. The number of rotatable bonds is 4. The minimum Gasteiger partial charge on any atom is -0.493 e. The number of benzene rings is 1. The van der Waals surface area contributed by atoms with Crippen molar-refractivity contribution in [1.29, 1.82) is 0 Å². The van der Waals surface area contributed by atoms with Crippen LogP contribution in [0.3, 0.4) is 0 Å². The number of pyridine rings is 1. The van der Waals surface area contributed by atoms with Crippen molar-refractivity contribution in [3.8, 4) is 5.75 Å². The van der Waals surface area contributed by atoms with Gasteiger partial charge in [-0.2, -0.15) is 0 Å². The third kappa shape index (κ3) is 2.50. The summed E-state index contributed by atoms with van der Waals surface area (Å²) >= 11 is 0. The lowest BCUT2D eigenvalue weighted by Gasteiger charge is -2.13. The first-order chi connectivity index (χ1) is 12.2. The zero-order valence-electron chi connectivity index (χ0n) is 13.5. The summed E-state index contributed by atoms with van der Waals surface area (Å²) in [5, 5.41) is 13.8. The van der Waals surface area contributed by atoms with E-state index in [1.807, 2.05) is 30.5 Å². The van der Waals surface area contributed by atoms with Crippen molar-refractivity contribution in [2.24, 2.45) is 0 Å². The molecule has 3 N–H and O–H groups in total. The monoisotopic (exact) mass is 336 g/mol. The van der Waals surface area contributed by atoms with Gasteiger partial charge in [0.1, 0.15) is 5.82 Å². The third-order valence-electron chi connectivity index (χ3n) is 4.11. The number of fused-ring (bicyclic) bond motifs is 2. The van der Waals surface area contributed by atoms with Gasteiger partial charge in [-0.1, -0.05) is 0 Å². The van der Waals surface area contributed by atoms with Gasteiger partial charge in [-0.05, 0) is 36.4 Å². The molecule has 7 nitrogen and oxygen atoms in total. The molecule has 126 valence electrons. The molecule has 25 heavy (non-hydrogen) atoms. The van der Waals surface area contributed by atoms with Crippen LogP contribution in [0.5, 0.6) is 5.75 Å². The molecule has 0 fully saturated rings. The summed E-state index contributed by atoms with van der Waals surface area (Å²) in [5.74, 6) is 0.792. The number of anilines is 2. The topological polar surface area (TPSA) is 91.6 Å². The summed E-state index contributed by atoms with van der Waals surface area (Å²) in [6, 6.07) is 11.1. The van der Waals surface area contributed by atoms with Crippen LogP contribution in [0.2, 0.25) is 0 Å². The van der Waals surface area contributed by atoms with Crippen LogP contribution in [0.15, 0.2) is 53.6 Å². The fourth-order valence-corrected chi connectivity index (χ4v) is 2.85. The molecule has 0 saturated carbocycles. The zero-order chi connectivity index (χ0) is 17.4. The van der Waals surface area contributed by atoms with Crippen LogP contribution in [0, 0.1) is 0 Å². The highest BCUT2D eigenvalue weighted by Crippen LogP contribution is 2.24. The number of aliphatic hydroxyl groups is 1. The van der Waals surface area contributed by atoms with E-state index >= 15 is 0 Å². The average molecular weight is 336 g/mol. The molecule has 3 heterocycles. The van der Waals surface area contributed by atoms with Gasteiger partial charge >= 0.3 is 0 Å². The van der Waals surface area contributed by atoms with Crippen molar-refractivity contribution in [3.05, 3.63) is 64.7 Å². The van der Waals surface area contributed by atoms with E-state index in [4.69, 9.17) is 4.74 Å². The van der Waals surface area contributed by atoms with Gasteiger partial charge in [0.2, 0.25) is 0 Å². The lowest BCUT2D eigenvalue weighted by molar-refractivity contribution is 0.280. The molecule has 0 unspecified atom stereocenters. The summed E-state index contributed by atoms with van der Waals surface area (Å²) in [4.78, 5) is 20.3. The highest BCUT2D eigenvalue weighted by molar-refractivity contribution is 5.84. The van der Waals surface area contributed by atoms with Crippen molar-refractivity contribution in [1.82, 2.24) is 14.4 Å². The maximum atomic E-state index is 12.7. The standard InChI is InChI=1S/C18H16N4O3/c1-25-15-3-2-8-22-17(15)21-16(13(10-23)18(22)24)20-12-4-5-14-11(9-12)6-7-19-14/h2-9,19-20,23H,10H2,1H3. The van der Waals surface area contributed by atoms with Gasteiger partial charge in [0.25, 0.3) is 5.56 Å². The number of nitrogens with zero attached hydrogens (tertiary/aromatic N) is 2. The zero-order valence-corrected chi connectivity index (χ0v) is 13.5. The average Bonchev–Trinajstić information content (AvgIpc) is 3.09. The Morgan fingerprint density at radius 3 is 3.00 bits per heavy atom. The maximum absolute atomic E-state index is 12.7. The smallest absolute Gasteiger partial charge is 0.265 e. The first kappa shape index (κ1) is 15.2. The lowest BCUT2D eigenvalue weighted by Crippen LogP contribution is -2.22. The maximum Gasteiger partial charge on any atom is 0.265 e. The summed E-state index contributed by atoms with van der Waals surface area (Å²) < 4.78 is 6.66. The number of hydrogen-bond donors (Lipinski definition) is 3. The van der Waals surface area contributed by atoms with Crippen molar-refractivity contribution < 1.29 is 9.84 Å². The molecular formula is C18H16N4O3. The van der Waals surface area contributed by atoms with Crippen LogP contribution < -0.4 is 15.6 Å². The number of nitrogens with one attached hydrogen (secondary N) is 2. The lowest BCUT2D eigenvalue weighted by atomic mass is 10.2. The van der Waals surface area contributed by atoms with Crippen molar-refractivity contribution in [2.45, 2.75) is 6.61 Å². The van der Waals surface area contributed by atoms with Crippen LogP contribution in [0.25, 0.3) is 16.6 Å². The van der Waals surface area contributed by atoms with Gasteiger partial charge in [0, 0.05) is 29.0 Å². The molecule has 0 spiro atoms. The second kappa shape index (κ2) is 5.95. The molecule has 1 aromatic carbocycles. The number of aliphatic hydroxyl groups excluding tert-OH is 1. The van der Waals surface area contributed by atoms with Gasteiger partial charge in [0.05, 0.1) is 19.3 Å². The Morgan fingerprint density at radius 2 is 2.20 bits per heavy atom. The Labute approximate surface area is 142 Å². The quantitative estimate of drug-likeness (QED) is 0.532. The minimum atomic E-state index is -0.416. The van der Waals surface area contributed by atoms with E-state index in [0.29, 0.717) is 17.2 Å². The van der Waals surface area contributed by atoms with Crippen LogP contribution >= 0.6 is 0 Å². The number of methoxy groups -OCH3 is 1. The van der Waals surface area contributed by atoms with Gasteiger partial charge in [-0.15, -0.1) is 0 Å². The molecule has 0 amide bonds. The number of hydrogen-bond acceptors (Lipinski definition) is 5. The Kier molecular flexibility index (Phi) is 3.62. The first-order valence-corrected chi connectivity index (χ1v) is 7.74. The van der Waals surface area contributed by atoms with E-state index in [0.717, 1.165) is 16.6 Å². The number of aromatic nitrogens is 3. The summed E-state index contributed by atoms with van der Waals surface area (Å²) in [5.41, 5.74) is 2.03. The SMILES string of the molecule is COc1cccn2c(=O)c(CO)c(Nc3ccc4[nH]ccc4c3)nc12. The molecule has 7 heteroatoms. The Hall–Kier alpha value is -3.32. The second-order valence-electron chi connectivity index (χ2n) is 5.58. The van der Waals surface area contributed by atoms with Gasteiger partial charge < -0.3 is 20.1 Å². The molecule has 0 aliphatic heterocycles. The molecule has 0 aliphatic carbocycles. The number of H-pyrrole nitrogens is 1. The molecule has 3 aromatic heterocycles. The van der Waals surface area contributed by atoms with E-state index in [9.17, 15) is 9.90 Å². The number of aromatic amines is 1. The van der Waals surface area contributed by atoms with Gasteiger partial charge in [-0.3, -0.25) is 9.20 Å². The van der Waals surface area contributed by atoms with Crippen LogP contribution in [-0.2, 0) is 6.61 Å². The Balaban J connectivity index is 1.88.